The van der Waals surface area contributed by atoms with Crippen LogP contribution in [-0.2, 0) is 9.59 Å². The Bertz CT molecular complexity index is 537. The largest absolute Gasteiger partial charge is 0.496 e. The first-order chi connectivity index (χ1) is 9.11. The lowest BCUT2D eigenvalue weighted by Gasteiger charge is -2.17. The molecule has 0 spiro atoms. The molecule has 1 unspecified atom stereocenters. The van der Waals surface area contributed by atoms with E-state index in [0.29, 0.717) is 12.8 Å². The summed E-state index contributed by atoms with van der Waals surface area (Å²) in [6.45, 7) is 1.94. The maximum atomic E-state index is 11.6. The zero-order valence-electron chi connectivity index (χ0n) is 11.0. The fraction of sp³-hybridized carbons (Fsp3) is 0.357. The molecule has 1 heterocycles. The third-order valence-corrected chi connectivity index (χ3v) is 3.15. The number of nitrogens with one attached hydrogen (secondary N) is 1. The van der Waals surface area contributed by atoms with Gasteiger partial charge in [0.1, 0.15) is 11.8 Å². The summed E-state index contributed by atoms with van der Waals surface area (Å²) in [4.78, 5) is 26.9. The number of hydrogen-bond donors (Lipinski definition) is 1. The van der Waals surface area contributed by atoms with Gasteiger partial charge in [-0.15, -0.1) is 0 Å². The van der Waals surface area contributed by atoms with Gasteiger partial charge in [-0.3, -0.25) is 19.9 Å². The van der Waals surface area contributed by atoms with Crippen molar-refractivity contribution in [2.24, 2.45) is 4.99 Å². The lowest BCUT2D eigenvalue weighted by atomic mass is 10.1. The van der Waals surface area contributed by atoms with Crippen LogP contribution in [0, 0.1) is 6.92 Å². The highest BCUT2D eigenvalue weighted by Gasteiger charge is 2.25. The highest BCUT2D eigenvalue weighted by molar-refractivity contribution is 6.01. The summed E-state index contributed by atoms with van der Waals surface area (Å²) in [5, 5.41) is 2.29. The molecule has 1 aromatic rings. The molecule has 1 N–H and O–H groups in total. The first-order valence-electron chi connectivity index (χ1n) is 6.12. The molecule has 0 aliphatic carbocycles. The molecule has 5 heteroatoms. The van der Waals surface area contributed by atoms with Crippen molar-refractivity contribution in [3.8, 4) is 5.75 Å². The summed E-state index contributed by atoms with van der Waals surface area (Å²) in [5.74, 6) is 0.231. The second kappa shape index (κ2) is 5.65. The van der Waals surface area contributed by atoms with Crippen LogP contribution in [0.2, 0.25) is 0 Å². The summed E-state index contributed by atoms with van der Waals surface area (Å²) in [7, 11) is 1.61. The monoisotopic (exact) mass is 260 g/mol. The quantitative estimate of drug-likeness (QED) is 0.656. The second-order valence-corrected chi connectivity index (χ2v) is 4.42. The van der Waals surface area contributed by atoms with Gasteiger partial charge in [-0.05, 0) is 30.5 Å². The van der Waals surface area contributed by atoms with Crippen molar-refractivity contribution in [3.05, 3.63) is 29.3 Å². The Morgan fingerprint density at radius 1 is 1.42 bits per heavy atom. The van der Waals surface area contributed by atoms with Gasteiger partial charge in [-0.2, -0.15) is 0 Å². The number of ether oxygens (including phenoxy) is 1. The number of imide groups is 1. The summed E-state index contributed by atoms with van der Waals surface area (Å²) in [6.07, 6.45) is 2.47. The number of methoxy groups -OCH3 is 1. The first-order valence-corrected chi connectivity index (χ1v) is 6.12. The van der Waals surface area contributed by atoms with Gasteiger partial charge < -0.3 is 4.74 Å². The molecule has 2 rings (SSSR count). The first kappa shape index (κ1) is 13.3. The average Bonchev–Trinajstić information content (AvgIpc) is 2.39. The fourth-order valence-electron chi connectivity index (χ4n) is 1.99. The van der Waals surface area contributed by atoms with E-state index in [0.717, 1.165) is 16.9 Å². The number of amides is 2. The molecule has 1 atom stereocenters. The Morgan fingerprint density at radius 3 is 2.89 bits per heavy atom. The predicted molar refractivity (Wildman–Crippen MR) is 71.5 cm³/mol. The predicted octanol–water partition coefficient (Wildman–Crippen LogP) is 1.23. The molecular formula is C14H16N2O3. The van der Waals surface area contributed by atoms with Crippen molar-refractivity contribution >= 4 is 18.0 Å². The Balaban J connectivity index is 2.15. The van der Waals surface area contributed by atoms with Crippen molar-refractivity contribution in [2.75, 3.05) is 7.11 Å². The van der Waals surface area contributed by atoms with E-state index in [1.807, 2.05) is 25.1 Å². The number of benzene rings is 1. The minimum atomic E-state index is -0.483. The SMILES string of the molecule is COc1cccc(C=NC2CCC(=O)NC2=O)c1C. The van der Waals surface area contributed by atoms with Crippen LogP contribution in [0.5, 0.6) is 5.75 Å². The van der Waals surface area contributed by atoms with Crippen LogP contribution < -0.4 is 10.1 Å². The Kier molecular flexibility index (Phi) is 3.94. The van der Waals surface area contributed by atoms with Gasteiger partial charge in [-0.25, -0.2) is 0 Å². The van der Waals surface area contributed by atoms with E-state index in [1.54, 1.807) is 13.3 Å². The van der Waals surface area contributed by atoms with Gasteiger partial charge >= 0.3 is 0 Å². The highest BCUT2D eigenvalue weighted by atomic mass is 16.5. The standard InChI is InChI=1S/C14H16N2O3/c1-9-10(4-3-5-12(9)19-2)8-15-11-6-7-13(17)16-14(11)18/h3-5,8,11H,6-7H2,1-2H3,(H,16,17,18). The van der Waals surface area contributed by atoms with Gasteiger partial charge in [0, 0.05) is 12.6 Å². The van der Waals surface area contributed by atoms with Crippen LogP contribution in [0.4, 0.5) is 0 Å². The zero-order chi connectivity index (χ0) is 13.8. The van der Waals surface area contributed by atoms with Gasteiger partial charge in [0.2, 0.25) is 5.91 Å². The molecular weight excluding hydrogens is 244 g/mol. The number of rotatable bonds is 3. The number of hydrogen-bond acceptors (Lipinski definition) is 4. The van der Waals surface area contributed by atoms with Crippen molar-refractivity contribution in [1.82, 2.24) is 5.32 Å². The Labute approximate surface area is 111 Å². The highest BCUT2D eigenvalue weighted by Crippen LogP contribution is 2.20. The molecule has 0 saturated carbocycles. The molecule has 100 valence electrons. The van der Waals surface area contributed by atoms with E-state index in [1.165, 1.54) is 0 Å². The van der Waals surface area contributed by atoms with Crippen molar-refractivity contribution < 1.29 is 14.3 Å². The Morgan fingerprint density at radius 2 is 2.21 bits per heavy atom. The van der Waals surface area contributed by atoms with E-state index in [9.17, 15) is 9.59 Å². The summed E-state index contributed by atoms with van der Waals surface area (Å²) in [6, 6.07) is 5.17. The van der Waals surface area contributed by atoms with Gasteiger partial charge in [0.25, 0.3) is 5.91 Å². The van der Waals surface area contributed by atoms with Crippen LogP contribution >= 0.6 is 0 Å². The molecule has 0 aromatic heterocycles. The van der Waals surface area contributed by atoms with Crippen molar-refractivity contribution in [2.45, 2.75) is 25.8 Å². The lowest BCUT2D eigenvalue weighted by Crippen LogP contribution is -2.43. The van der Waals surface area contributed by atoms with Crippen LogP contribution in [0.1, 0.15) is 24.0 Å². The minimum Gasteiger partial charge on any atom is -0.496 e. The molecule has 1 aromatic carbocycles. The topological polar surface area (TPSA) is 67.8 Å². The maximum absolute atomic E-state index is 11.6. The molecule has 1 aliphatic heterocycles. The number of carbonyl (C=O) groups excluding carboxylic acids is 2. The van der Waals surface area contributed by atoms with Gasteiger partial charge in [-0.1, -0.05) is 12.1 Å². The fourth-order valence-corrected chi connectivity index (χ4v) is 1.99. The molecule has 1 saturated heterocycles. The molecule has 0 radical (unpaired) electrons. The van der Waals surface area contributed by atoms with Crippen LogP contribution in [0.3, 0.4) is 0 Å². The number of carbonyl (C=O) groups is 2. The lowest BCUT2D eigenvalue weighted by molar-refractivity contribution is -0.133. The number of piperidine rings is 1. The third-order valence-electron chi connectivity index (χ3n) is 3.15. The Hall–Kier alpha value is -2.17. The number of aliphatic imine (C=N–C) groups is 1. The molecule has 1 aliphatic rings. The average molecular weight is 260 g/mol. The maximum Gasteiger partial charge on any atom is 0.251 e. The van der Waals surface area contributed by atoms with E-state index < -0.39 is 6.04 Å². The third kappa shape index (κ3) is 2.99. The van der Waals surface area contributed by atoms with Crippen LogP contribution in [0.15, 0.2) is 23.2 Å². The normalized spacial score (nSPS) is 19.6. The zero-order valence-corrected chi connectivity index (χ0v) is 11.0. The van der Waals surface area contributed by atoms with Gasteiger partial charge in [0.15, 0.2) is 0 Å². The smallest absolute Gasteiger partial charge is 0.251 e. The number of nitrogens with zero attached hydrogens (tertiary/aromatic N) is 1. The molecule has 5 nitrogen and oxygen atoms in total. The van der Waals surface area contributed by atoms with E-state index in [2.05, 4.69) is 10.3 Å². The van der Waals surface area contributed by atoms with E-state index in [-0.39, 0.29) is 11.8 Å². The van der Waals surface area contributed by atoms with E-state index >= 15 is 0 Å². The van der Waals surface area contributed by atoms with Crippen molar-refractivity contribution in [3.63, 3.8) is 0 Å². The molecule has 0 bridgehead atoms. The minimum absolute atomic E-state index is 0.228. The molecule has 1 fully saturated rings. The van der Waals surface area contributed by atoms with Crippen LogP contribution in [-0.4, -0.2) is 31.2 Å². The summed E-state index contributed by atoms with van der Waals surface area (Å²) in [5.41, 5.74) is 1.88. The summed E-state index contributed by atoms with van der Waals surface area (Å²) >= 11 is 0. The second-order valence-electron chi connectivity index (χ2n) is 4.42. The van der Waals surface area contributed by atoms with E-state index in [4.69, 9.17) is 4.74 Å². The van der Waals surface area contributed by atoms with Gasteiger partial charge in [0.05, 0.1) is 7.11 Å². The molecule has 2 amide bonds. The molecule has 19 heavy (non-hydrogen) atoms. The van der Waals surface area contributed by atoms with Crippen molar-refractivity contribution in [1.29, 1.82) is 0 Å². The van der Waals surface area contributed by atoms with Crippen LogP contribution in [0.25, 0.3) is 0 Å². The summed E-state index contributed by atoms with van der Waals surface area (Å²) < 4.78 is 5.23.